The van der Waals surface area contributed by atoms with E-state index in [0.717, 1.165) is 23.6 Å². The van der Waals surface area contributed by atoms with E-state index in [4.69, 9.17) is 15.7 Å². The van der Waals surface area contributed by atoms with Crippen LogP contribution in [0.2, 0.25) is 18.1 Å². The monoisotopic (exact) mass is 506 g/mol. The number of hydrogen-bond acceptors (Lipinski definition) is 4. The average molecular weight is 507 g/mol. The molecule has 0 radical (unpaired) electrons. The lowest BCUT2D eigenvalue weighted by Crippen LogP contribution is -2.45. The van der Waals surface area contributed by atoms with Gasteiger partial charge in [0.15, 0.2) is 14.0 Å². The lowest BCUT2D eigenvalue weighted by Gasteiger charge is -2.38. The van der Waals surface area contributed by atoms with E-state index in [1.807, 2.05) is 31.2 Å². The number of ether oxygens (including phenoxy) is 1. The first-order chi connectivity index (χ1) is 16.4. The second kappa shape index (κ2) is 8.51. The molecule has 2 amide bonds. The Morgan fingerprint density at radius 3 is 2.36 bits per heavy atom. The van der Waals surface area contributed by atoms with Crippen molar-refractivity contribution >= 4 is 42.3 Å². The Morgan fingerprint density at radius 1 is 1.08 bits per heavy atom. The maximum Gasteiger partial charge on any atom is 0.240 e. The summed E-state index contributed by atoms with van der Waals surface area (Å²) < 4.78 is 13.1. The van der Waals surface area contributed by atoms with Gasteiger partial charge >= 0.3 is 0 Å². The van der Waals surface area contributed by atoms with Crippen LogP contribution < -0.4 is 4.90 Å². The van der Waals surface area contributed by atoms with Gasteiger partial charge in [-0.3, -0.25) is 9.59 Å². The zero-order chi connectivity index (χ0) is 25.4. The Bertz CT molecular complexity index is 1280. The maximum absolute atomic E-state index is 14.0. The van der Waals surface area contributed by atoms with E-state index in [1.54, 1.807) is 12.1 Å². The molecule has 4 atom stereocenters. The van der Waals surface area contributed by atoms with Crippen LogP contribution in [0.15, 0.2) is 36.4 Å². The van der Waals surface area contributed by atoms with Crippen LogP contribution in [0.4, 0.5) is 11.4 Å². The minimum Gasteiger partial charge on any atom is -0.417 e. The SMILES string of the molecule is C.[C-]#[N+]c1ccc(N2C(=O)[C@@H]3[C@H](C2=O)C2(C)CCC3(CCO[Si](C)(C)C(C)(C)C)O2)c2ccccc12. The van der Waals surface area contributed by atoms with Crippen molar-refractivity contribution in [3.05, 3.63) is 47.8 Å². The number of carbonyl (C=O) groups excluding carboxylic acids is 2. The van der Waals surface area contributed by atoms with E-state index in [2.05, 4.69) is 38.7 Å². The number of rotatable bonds is 5. The van der Waals surface area contributed by atoms with Gasteiger partial charge in [-0.1, -0.05) is 58.5 Å². The van der Waals surface area contributed by atoms with Crippen LogP contribution >= 0.6 is 0 Å². The lowest BCUT2D eigenvalue weighted by molar-refractivity contribution is -0.131. The van der Waals surface area contributed by atoms with Crippen LogP contribution in [0.1, 0.15) is 54.4 Å². The Kier molecular flexibility index (Phi) is 6.27. The minimum absolute atomic E-state index is 0. The molecule has 0 aliphatic carbocycles. The average Bonchev–Trinajstić information content (AvgIpc) is 3.37. The molecule has 0 spiro atoms. The van der Waals surface area contributed by atoms with Crippen molar-refractivity contribution in [3.8, 4) is 0 Å². The minimum atomic E-state index is -1.94. The molecular weight excluding hydrogens is 468 g/mol. The van der Waals surface area contributed by atoms with Gasteiger partial charge in [0.1, 0.15) is 0 Å². The molecule has 5 rings (SSSR count). The molecule has 3 saturated heterocycles. The van der Waals surface area contributed by atoms with Gasteiger partial charge < -0.3 is 9.16 Å². The summed E-state index contributed by atoms with van der Waals surface area (Å²) in [6, 6.07) is 10.9. The van der Waals surface area contributed by atoms with Gasteiger partial charge in [-0.05, 0) is 61.2 Å². The number of hydrogen-bond donors (Lipinski definition) is 0. The third-order valence-corrected chi connectivity index (χ3v) is 13.6. The van der Waals surface area contributed by atoms with Gasteiger partial charge in [0.2, 0.25) is 11.8 Å². The summed E-state index contributed by atoms with van der Waals surface area (Å²) in [6.07, 6.45) is 2.13. The zero-order valence-corrected chi connectivity index (χ0v) is 22.5. The van der Waals surface area contributed by atoms with Crippen molar-refractivity contribution < 1.29 is 18.8 Å². The second-order valence-electron chi connectivity index (χ2n) is 12.1. The topological polar surface area (TPSA) is 60.2 Å². The van der Waals surface area contributed by atoms with Crippen molar-refractivity contribution in [2.75, 3.05) is 11.5 Å². The highest BCUT2D eigenvalue weighted by Crippen LogP contribution is 2.62. The molecule has 3 aliphatic heterocycles. The Labute approximate surface area is 215 Å². The molecule has 0 N–H and O–H groups in total. The molecule has 2 bridgehead atoms. The quantitative estimate of drug-likeness (QED) is 0.252. The van der Waals surface area contributed by atoms with Crippen LogP contribution in [-0.2, 0) is 18.8 Å². The first-order valence-electron chi connectivity index (χ1n) is 12.5. The molecule has 36 heavy (non-hydrogen) atoms. The molecule has 3 heterocycles. The summed E-state index contributed by atoms with van der Waals surface area (Å²) in [5.41, 5.74) is -0.239. The van der Waals surface area contributed by atoms with Gasteiger partial charge in [-0.15, -0.1) is 0 Å². The number of anilines is 1. The van der Waals surface area contributed by atoms with Gasteiger partial charge in [-0.25, -0.2) is 9.74 Å². The van der Waals surface area contributed by atoms with Gasteiger partial charge in [0, 0.05) is 6.61 Å². The molecule has 0 aromatic heterocycles. The van der Waals surface area contributed by atoms with Crippen LogP contribution in [0.25, 0.3) is 15.6 Å². The summed E-state index contributed by atoms with van der Waals surface area (Å²) in [4.78, 5) is 32.8. The highest BCUT2D eigenvalue weighted by atomic mass is 28.4. The summed E-state index contributed by atoms with van der Waals surface area (Å²) >= 11 is 0. The smallest absolute Gasteiger partial charge is 0.240 e. The Hall–Kier alpha value is -2.53. The number of imide groups is 1. The molecule has 6 nitrogen and oxygen atoms in total. The summed E-state index contributed by atoms with van der Waals surface area (Å²) in [5, 5.41) is 1.60. The first kappa shape index (κ1) is 26.5. The fraction of sp³-hybridized carbons (Fsp3) is 0.552. The normalized spacial score (nSPS) is 29.4. The van der Waals surface area contributed by atoms with E-state index in [0.29, 0.717) is 24.4 Å². The second-order valence-corrected chi connectivity index (χ2v) is 16.9. The number of amides is 2. The first-order valence-corrected chi connectivity index (χ1v) is 15.4. The van der Waals surface area contributed by atoms with Crippen LogP contribution in [-0.4, -0.2) is 37.9 Å². The summed E-state index contributed by atoms with van der Waals surface area (Å²) in [5.74, 6) is -1.36. The van der Waals surface area contributed by atoms with Crippen molar-refractivity contribution in [3.63, 3.8) is 0 Å². The maximum atomic E-state index is 14.0. The van der Waals surface area contributed by atoms with Crippen LogP contribution in [0.3, 0.4) is 0 Å². The number of fused-ring (bicyclic) bond motifs is 6. The van der Waals surface area contributed by atoms with E-state index in [-0.39, 0.29) is 24.3 Å². The molecule has 2 aromatic rings. The van der Waals surface area contributed by atoms with Gasteiger partial charge in [-0.2, -0.15) is 0 Å². The van der Waals surface area contributed by atoms with Crippen LogP contribution in [0.5, 0.6) is 0 Å². The van der Waals surface area contributed by atoms with E-state index in [9.17, 15) is 9.59 Å². The summed E-state index contributed by atoms with van der Waals surface area (Å²) in [7, 11) is -1.94. The van der Waals surface area contributed by atoms with Crippen molar-refractivity contribution in [1.29, 1.82) is 0 Å². The predicted molar refractivity (Wildman–Crippen MR) is 146 cm³/mol. The van der Waals surface area contributed by atoms with E-state index < -0.39 is 31.4 Å². The molecule has 3 aliphatic rings. The van der Waals surface area contributed by atoms with Crippen LogP contribution in [0, 0.1) is 18.4 Å². The Morgan fingerprint density at radius 2 is 1.72 bits per heavy atom. The number of carbonyl (C=O) groups is 2. The summed E-state index contributed by atoms with van der Waals surface area (Å²) in [6.45, 7) is 21.1. The standard InChI is InChI=1S/C28H34N2O4Si.CH4/c1-26(2,3)35(6,7)33-17-16-28-15-14-27(4,34-28)22-23(28)25(32)30(24(22)31)21-13-12-20(29-5)18-10-8-9-11-19(18)21;/h8-13,22-23H,14-17H2,1-4,6-7H3;1H4/t22-,23+,27?,28?;/m1./s1. The molecule has 192 valence electrons. The van der Waals surface area contributed by atoms with E-state index >= 15 is 0 Å². The largest absolute Gasteiger partial charge is 0.417 e. The fourth-order valence-electron chi connectivity index (χ4n) is 6.10. The van der Waals surface area contributed by atoms with Gasteiger partial charge in [0.05, 0.1) is 35.3 Å². The zero-order valence-electron chi connectivity index (χ0n) is 21.5. The van der Waals surface area contributed by atoms with Crippen molar-refractivity contribution in [2.24, 2.45) is 11.8 Å². The number of benzene rings is 2. The molecule has 2 aromatic carbocycles. The van der Waals surface area contributed by atoms with Gasteiger partial charge in [0.25, 0.3) is 0 Å². The third-order valence-electron chi connectivity index (χ3n) is 9.05. The number of nitrogens with zero attached hydrogens (tertiary/aromatic N) is 2. The highest BCUT2D eigenvalue weighted by Gasteiger charge is 2.73. The fourth-order valence-corrected chi connectivity index (χ4v) is 7.15. The molecule has 0 saturated carbocycles. The van der Waals surface area contributed by atoms with Crippen molar-refractivity contribution in [2.45, 2.75) is 83.7 Å². The van der Waals surface area contributed by atoms with Crippen molar-refractivity contribution in [1.82, 2.24) is 0 Å². The predicted octanol–water partition coefficient (Wildman–Crippen LogP) is 6.87. The molecule has 7 heteroatoms. The highest BCUT2D eigenvalue weighted by molar-refractivity contribution is 6.74. The molecule has 2 unspecified atom stereocenters. The third kappa shape index (κ3) is 3.65. The molecule has 3 fully saturated rings. The lowest BCUT2D eigenvalue weighted by atomic mass is 9.67. The molecular formula is C29H38N2O4Si. The van der Waals surface area contributed by atoms with E-state index in [1.165, 1.54) is 4.90 Å². The Balaban J connectivity index is 0.00000304.